The zero-order chi connectivity index (χ0) is 19.0. The van der Waals surface area contributed by atoms with Gasteiger partial charge in [-0.1, -0.05) is 82.7 Å². The predicted molar refractivity (Wildman–Crippen MR) is 108 cm³/mol. The van der Waals surface area contributed by atoms with Crippen molar-refractivity contribution in [2.75, 3.05) is 0 Å². The van der Waals surface area contributed by atoms with Gasteiger partial charge >= 0.3 is 51.4 Å². The molecule has 0 bridgehead atoms. The third-order valence-corrected chi connectivity index (χ3v) is 5.98. The van der Waals surface area contributed by atoms with Crippen molar-refractivity contribution < 1.29 is 64.4 Å². The summed E-state index contributed by atoms with van der Waals surface area (Å²) < 4.78 is 36.4. The van der Waals surface area contributed by atoms with Gasteiger partial charge in [-0.05, 0) is 42.2 Å². The third-order valence-electron chi connectivity index (χ3n) is 5.02. The van der Waals surface area contributed by atoms with Crippen LogP contribution in [0.1, 0.15) is 76.3 Å². The summed E-state index contributed by atoms with van der Waals surface area (Å²) in [5, 5.41) is 1.51. The van der Waals surface area contributed by atoms with E-state index in [0.717, 1.165) is 62.3 Å². The second-order valence-corrected chi connectivity index (χ2v) is 8.46. The SMILES string of the molecule is CCCCCCc1ccc2cccc(CCCCCC)c2c1S(=O)(=O)[O-].[K+]. The van der Waals surface area contributed by atoms with Crippen molar-refractivity contribution >= 4 is 20.9 Å². The summed E-state index contributed by atoms with van der Waals surface area (Å²) in [6.07, 6.45) is 10.2. The monoisotopic (exact) mass is 414 g/mol. The molecule has 2 aromatic rings. The molecule has 0 aliphatic rings. The van der Waals surface area contributed by atoms with E-state index in [4.69, 9.17) is 0 Å². The van der Waals surface area contributed by atoms with Gasteiger partial charge < -0.3 is 4.55 Å². The molecule has 0 heterocycles. The summed E-state index contributed by atoms with van der Waals surface area (Å²) in [5.74, 6) is 0. The van der Waals surface area contributed by atoms with E-state index in [9.17, 15) is 13.0 Å². The van der Waals surface area contributed by atoms with E-state index in [2.05, 4.69) is 13.8 Å². The topological polar surface area (TPSA) is 57.2 Å². The van der Waals surface area contributed by atoms with Gasteiger partial charge in [0.25, 0.3) is 0 Å². The largest absolute Gasteiger partial charge is 1.00 e. The molecule has 0 atom stereocenters. The molecule has 0 fully saturated rings. The average Bonchev–Trinajstić information content (AvgIpc) is 2.61. The molecule has 0 saturated heterocycles. The van der Waals surface area contributed by atoms with Crippen LogP contribution in [-0.4, -0.2) is 13.0 Å². The normalized spacial score (nSPS) is 11.5. The van der Waals surface area contributed by atoms with Crippen LogP contribution in [0.4, 0.5) is 0 Å². The van der Waals surface area contributed by atoms with Crippen molar-refractivity contribution in [2.24, 2.45) is 0 Å². The fourth-order valence-electron chi connectivity index (χ4n) is 3.64. The molecule has 2 rings (SSSR count). The smallest absolute Gasteiger partial charge is 0.744 e. The molecule has 0 aliphatic carbocycles. The molecule has 0 aromatic heterocycles. The van der Waals surface area contributed by atoms with Crippen molar-refractivity contribution in [3.63, 3.8) is 0 Å². The van der Waals surface area contributed by atoms with Gasteiger partial charge in [0.2, 0.25) is 0 Å². The van der Waals surface area contributed by atoms with Crippen LogP contribution < -0.4 is 51.4 Å². The summed E-state index contributed by atoms with van der Waals surface area (Å²) in [5.41, 5.74) is 1.67. The Morgan fingerprint density at radius 1 is 0.778 bits per heavy atom. The minimum atomic E-state index is -4.51. The van der Waals surface area contributed by atoms with Gasteiger partial charge in [-0.2, -0.15) is 0 Å². The van der Waals surface area contributed by atoms with E-state index in [1.807, 2.05) is 30.3 Å². The van der Waals surface area contributed by atoms with Crippen molar-refractivity contribution in [2.45, 2.75) is 83.0 Å². The molecule has 144 valence electrons. The van der Waals surface area contributed by atoms with E-state index in [1.54, 1.807) is 0 Å². The van der Waals surface area contributed by atoms with Gasteiger partial charge in [-0.15, -0.1) is 0 Å². The summed E-state index contributed by atoms with van der Waals surface area (Å²) in [7, 11) is -4.51. The van der Waals surface area contributed by atoms with E-state index >= 15 is 0 Å². The van der Waals surface area contributed by atoms with Crippen molar-refractivity contribution in [1.29, 1.82) is 0 Å². The fourth-order valence-corrected chi connectivity index (χ4v) is 4.63. The van der Waals surface area contributed by atoms with Crippen LogP contribution in [0, 0.1) is 0 Å². The Morgan fingerprint density at radius 3 is 1.93 bits per heavy atom. The zero-order valence-corrected chi connectivity index (χ0v) is 21.0. The summed E-state index contributed by atoms with van der Waals surface area (Å²) in [6.45, 7) is 4.32. The number of benzene rings is 2. The number of rotatable bonds is 11. The maximum atomic E-state index is 12.1. The Labute approximate surface area is 207 Å². The van der Waals surface area contributed by atoms with Crippen molar-refractivity contribution in [3.05, 3.63) is 41.5 Å². The molecule has 27 heavy (non-hydrogen) atoms. The van der Waals surface area contributed by atoms with Crippen LogP contribution in [0.3, 0.4) is 0 Å². The zero-order valence-electron chi connectivity index (χ0n) is 17.1. The van der Waals surface area contributed by atoms with Crippen LogP contribution >= 0.6 is 0 Å². The molecule has 5 heteroatoms. The van der Waals surface area contributed by atoms with E-state index in [0.29, 0.717) is 17.4 Å². The molecular weight excluding hydrogens is 383 g/mol. The number of hydrogen-bond donors (Lipinski definition) is 0. The number of fused-ring (bicyclic) bond motifs is 1. The van der Waals surface area contributed by atoms with Gasteiger partial charge in [0.15, 0.2) is 0 Å². The molecule has 2 aromatic carbocycles. The van der Waals surface area contributed by atoms with Crippen molar-refractivity contribution in [1.82, 2.24) is 0 Å². The van der Waals surface area contributed by atoms with E-state index < -0.39 is 10.1 Å². The Morgan fingerprint density at radius 2 is 1.37 bits per heavy atom. The first kappa shape index (κ1) is 25.3. The average molecular weight is 415 g/mol. The van der Waals surface area contributed by atoms with E-state index in [1.165, 1.54) is 6.42 Å². The van der Waals surface area contributed by atoms with Gasteiger partial charge in [0.05, 0.1) is 4.90 Å². The summed E-state index contributed by atoms with van der Waals surface area (Å²) >= 11 is 0. The number of hydrogen-bond acceptors (Lipinski definition) is 3. The van der Waals surface area contributed by atoms with Gasteiger partial charge in [-0.25, -0.2) is 8.42 Å². The Balaban J connectivity index is 0.00000364. The van der Waals surface area contributed by atoms with Gasteiger partial charge in [0, 0.05) is 5.39 Å². The summed E-state index contributed by atoms with van der Waals surface area (Å²) in [4.78, 5) is 0.0255. The molecule has 0 saturated carbocycles. The maximum Gasteiger partial charge on any atom is 1.00 e. The minimum absolute atomic E-state index is 0. The molecule has 0 amide bonds. The third kappa shape index (κ3) is 7.54. The predicted octanol–water partition coefficient (Wildman–Crippen LogP) is 2.99. The van der Waals surface area contributed by atoms with Gasteiger partial charge in [-0.3, -0.25) is 0 Å². The first-order valence-electron chi connectivity index (χ1n) is 9.98. The van der Waals surface area contributed by atoms with Crippen LogP contribution in [-0.2, 0) is 23.0 Å². The standard InChI is InChI=1S/C22H32O3S.K/c1-3-5-7-9-12-18-14-11-15-19-16-17-20(13-10-8-6-4-2)22(21(18)19)26(23,24)25;/h11,14-17H,3-10,12-13H2,1-2H3,(H,23,24,25);/q;+1/p-1. The second kappa shape index (κ2) is 12.7. The van der Waals surface area contributed by atoms with Crippen LogP contribution in [0.15, 0.2) is 35.2 Å². The van der Waals surface area contributed by atoms with Crippen LogP contribution in [0.25, 0.3) is 10.8 Å². The summed E-state index contributed by atoms with van der Waals surface area (Å²) in [6, 6.07) is 9.64. The molecule has 0 spiro atoms. The first-order chi connectivity index (χ1) is 12.5. The van der Waals surface area contributed by atoms with Crippen LogP contribution in [0.5, 0.6) is 0 Å². The molecule has 3 nitrogen and oxygen atoms in total. The Hall–Kier alpha value is 0.246. The quantitative estimate of drug-likeness (QED) is 0.323. The molecule has 0 radical (unpaired) electrons. The molecular formula is C22H31KO3S. The van der Waals surface area contributed by atoms with Gasteiger partial charge in [0.1, 0.15) is 10.1 Å². The van der Waals surface area contributed by atoms with E-state index in [-0.39, 0.29) is 56.3 Å². The number of unbranched alkanes of at least 4 members (excludes halogenated alkanes) is 6. The van der Waals surface area contributed by atoms with Crippen LogP contribution in [0.2, 0.25) is 0 Å². The molecule has 0 aliphatic heterocycles. The Bertz CT molecular complexity index is 816. The second-order valence-electron chi connectivity index (χ2n) is 7.14. The fraction of sp³-hybridized carbons (Fsp3) is 0.545. The number of aryl methyl sites for hydroxylation is 2. The molecule has 0 unspecified atom stereocenters. The van der Waals surface area contributed by atoms with Crippen molar-refractivity contribution in [3.8, 4) is 0 Å². The molecule has 0 N–H and O–H groups in total. The Kier molecular flexibility index (Phi) is 11.9. The maximum absolute atomic E-state index is 12.1. The first-order valence-corrected chi connectivity index (χ1v) is 11.4. The minimum Gasteiger partial charge on any atom is -0.744 e.